The maximum atomic E-state index is 11.2. The van der Waals surface area contributed by atoms with Crippen LogP contribution in [0.25, 0.3) is 0 Å². The van der Waals surface area contributed by atoms with Gasteiger partial charge < -0.3 is 10.4 Å². The van der Waals surface area contributed by atoms with Crippen molar-refractivity contribution in [3.8, 4) is 0 Å². The van der Waals surface area contributed by atoms with Gasteiger partial charge in [-0.15, -0.1) is 0 Å². The first kappa shape index (κ1) is 15.7. The number of nitrogens with two attached hydrogens (primary N) is 1. The number of anilines is 1. The molecule has 1 aromatic carbocycles. The van der Waals surface area contributed by atoms with Gasteiger partial charge in [0, 0.05) is 19.2 Å². The first-order valence-electron chi connectivity index (χ1n) is 6.43. The molecule has 1 fully saturated rings. The van der Waals surface area contributed by atoms with Gasteiger partial charge >= 0.3 is 0 Å². The van der Waals surface area contributed by atoms with Gasteiger partial charge in [-0.1, -0.05) is 0 Å². The molecule has 4 N–H and O–H groups in total. The van der Waals surface area contributed by atoms with E-state index in [-0.39, 0.29) is 28.3 Å². The van der Waals surface area contributed by atoms with Gasteiger partial charge in [0.2, 0.25) is 10.0 Å². The Labute approximate surface area is 122 Å². The molecular formula is C12H17N3O5S. The molecule has 2 rings (SSSR count). The number of benzene rings is 1. The third-order valence-corrected chi connectivity index (χ3v) is 4.66. The van der Waals surface area contributed by atoms with Crippen LogP contribution in [0.3, 0.4) is 0 Å². The molecule has 1 aliphatic rings. The molecule has 0 aromatic heterocycles. The van der Waals surface area contributed by atoms with E-state index in [9.17, 15) is 18.5 Å². The highest BCUT2D eigenvalue weighted by Gasteiger charge is 2.41. The van der Waals surface area contributed by atoms with E-state index in [1.54, 1.807) is 0 Å². The van der Waals surface area contributed by atoms with E-state index >= 15 is 0 Å². The zero-order valence-electron chi connectivity index (χ0n) is 11.3. The molecule has 0 radical (unpaired) electrons. The fraction of sp³-hybridized carbons (Fsp3) is 0.500. The molecule has 9 heteroatoms. The van der Waals surface area contributed by atoms with Gasteiger partial charge in [0.25, 0.3) is 5.69 Å². The van der Waals surface area contributed by atoms with Crippen LogP contribution in [0.4, 0.5) is 11.4 Å². The predicted molar refractivity (Wildman–Crippen MR) is 76.3 cm³/mol. The van der Waals surface area contributed by atoms with Crippen LogP contribution in [0.15, 0.2) is 23.1 Å². The number of aliphatic hydroxyl groups is 1. The Kier molecular flexibility index (Phi) is 4.17. The van der Waals surface area contributed by atoms with Gasteiger partial charge in [-0.05, 0) is 36.8 Å². The molecule has 0 amide bonds. The molecule has 0 bridgehead atoms. The van der Waals surface area contributed by atoms with Crippen LogP contribution >= 0.6 is 0 Å². The number of nitrogens with zero attached hydrogens (tertiary/aromatic N) is 1. The summed E-state index contributed by atoms with van der Waals surface area (Å²) in [6.07, 6.45) is 2.57. The molecule has 8 nitrogen and oxygen atoms in total. The minimum atomic E-state index is -3.98. The van der Waals surface area contributed by atoms with Crippen molar-refractivity contribution >= 4 is 21.4 Å². The van der Waals surface area contributed by atoms with Gasteiger partial charge in [0.05, 0.1) is 9.82 Å². The average molecular weight is 315 g/mol. The quantitative estimate of drug-likeness (QED) is 0.503. The molecule has 0 unspecified atom stereocenters. The number of sulfonamides is 1. The lowest BCUT2D eigenvalue weighted by molar-refractivity contribution is -0.384. The summed E-state index contributed by atoms with van der Waals surface area (Å²) >= 11 is 0. The van der Waals surface area contributed by atoms with Crippen LogP contribution < -0.4 is 10.5 Å². The van der Waals surface area contributed by atoms with Gasteiger partial charge in [-0.25, -0.2) is 13.6 Å². The topological polar surface area (TPSA) is 136 Å². The summed E-state index contributed by atoms with van der Waals surface area (Å²) in [4.78, 5) is 10.1. The van der Waals surface area contributed by atoms with E-state index in [0.29, 0.717) is 13.0 Å². The standard InChI is InChI=1S/C12H17N3O5S/c13-21(19,20)9-1-2-10(11(7-9)15(17)18)14-8-12(3-4-12)5-6-16/h1-2,7,14,16H,3-6,8H2,(H2,13,19,20). The SMILES string of the molecule is NS(=O)(=O)c1ccc(NCC2(CCO)CC2)c([N+](=O)[O-])c1. The molecule has 21 heavy (non-hydrogen) atoms. The highest BCUT2D eigenvalue weighted by Crippen LogP contribution is 2.48. The van der Waals surface area contributed by atoms with Crippen molar-refractivity contribution in [1.29, 1.82) is 0 Å². The molecule has 0 heterocycles. The first-order chi connectivity index (χ1) is 9.77. The van der Waals surface area contributed by atoms with Crippen molar-refractivity contribution in [2.75, 3.05) is 18.5 Å². The lowest BCUT2D eigenvalue weighted by Gasteiger charge is -2.15. The number of rotatable bonds is 7. The highest BCUT2D eigenvalue weighted by molar-refractivity contribution is 7.89. The maximum Gasteiger partial charge on any atom is 0.293 e. The number of primary sulfonamides is 1. The fourth-order valence-corrected chi connectivity index (χ4v) is 2.73. The Morgan fingerprint density at radius 1 is 1.43 bits per heavy atom. The summed E-state index contributed by atoms with van der Waals surface area (Å²) in [7, 11) is -3.98. The minimum Gasteiger partial charge on any atom is -0.396 e. The van der Waals surface area contributed by atoms with Crippen molar-refractivity contribution < 1.29 is 18.4 Å². The van der Waals surface area contributed by atoms with Crippen LogP contribution in [0.1, 0.15) is 19.3 Å². The maximum absolute atomic E-state index is 11.2. The molecule has 116 valence electrons. The molecule has 0 aliphatic heterocycles. The number of hydrogen-bond donors (Lipinski definition) is 3. The normalized spacial score (nSPS) is 16.5. The summed E-state index contributed by atoms with van der Waals surface area (Å²) in [6, 6.07) is 3.52. The number of hydrogen-bond acceptors (Lipinski definition) is 6. The Morgan fingerprint density at radius 2 is 2.10 bits per heavy atom. The van der Waals surface area contributed by atoms with Gasteiger partial charge in [-0.2, -0.15) is 0 Å². The summed E-state index contributed by atoms with van der Waals surface area (Å²) in [5.74, 6) is 0. The zero-order chi connectivity index (χ0) is 15.7. The molecular weight excluding hydrogens is 298 g/mol. The van der Waals surface area contributed by atoms with Crippen LogP contribution in [0.5, 0.6) is 0 Å². The van der Waals surface area contributed by atoms with Gasteiger partial charge in [0.1, 0.15) is 5.69 Å². The summed E-state index contributed by atoms with van der Waals surface area (Å²) in [5, 5.41) is 28.0. The second kappa shape index (κ2) is 5.58. The lowest BCUT2D eigenvalue weighted by atomic mass is 10.0. The summed E-state index contributed by atoms with van der Waals surface area (Å²) < 4.78 is 22.5. The van der Waals surface area contributed by atoms with E-state index in [4.69, 9.17) is 10.2 Å². The molecule has 1 aliphatic carbocycles. The first-order valence-corrected chi connectivity index (χ1v) is 7.98. The van der Waals surface area contributed by atoms with Crippen LogP contribution in [0.2, 0.25) is 0 Å². The van der Waals surface area contributed by atoms with Crippen molar-refractivity contribution in [1.82, 2.24) is 0 Å². The third-order valence-electron chi connectivity index (χ3n) is 3.75. The Hall–Kier alpha value is -1.71. The summed E-state index contributed by atoms with van der Waals surface area (Å²) in [5.41, 5.74) is -0.0979. The summed E-state index contributed by atoms with van der Waals surface area (Å²) in [6.45, 7) is 0.581. The van der Waals surface area contributed by atoms with Crippen LogP contribution in [0, 0.1) is 15.5 Å². The van der Waals surface area contributed by atoms with Gasteiger partial charge in [-0.3, -0.25) is 10.1 Å². The average Bonchev–Trinajstić information content (AvgIpc) is 3.15. The van der Waals surface area contributed by atoms with Crippen molar-refractivity contribution in [3.63, 3.8) is 0 Å². The second-order valence-electron chi connectivity index (χ2n) is 5.31. The lowest BCUT2D eigenvalue weighted by Crippen LogP contribution is -2.18. The van der Waals surface area contributed by atoms with Crippen molar-refractivity contribution in [2.45, 2.75) is 24.2 Å². The number of nitrogens with one attached hydrogen (secondary N) is 1. The molecule has 1 saturated carbocycles. The van der Waals surface area contributed by atoms with E-state index in [0.717, 1.165) is 18.9 Å². The Bertz CT molecular complexity index is 655. The Morgan fingerprint density at radius 3 is 2.57 bits per heavy atom. The third kappa shape index (κ3) is 3.69. The molecule has 0 saturated heterocycles. The van der Waals surface area contributed by atoms with E-state index < -0.39 is 14.9 Å². The Balaban J connectivity index is 2.21. The zero-order valence-corrected chi connectivity index (χ0v) is 12.1. The molecule has 0 spiro atoms. The smallest absolute Gasteiger partial charge is 0.293 e. The van der Waals surface area contributed by atoms with E-state index in [1.807, 2.05) is 0 Å². The fourth-order valence-electron chi connectivity index (χ4n) is 2.20. The largest absolute Gasteiger partial charge is 0.396 e. The number of nitro groups is 1. The highest BCUT2D eigenvalue weighted by atomic mass is 32.2. The van der Waals surface area contributed by atoms with E-state index in [2.05, 4.69) is 5.32 Å². The molecule has 0 atom stereocenters. The monoisotopic (exact) mass is 315 g/mol. The van der Waals surface area contributed by atoms with Crippen LogP contribution in [-0.4, -0.2) is 31.6 Å². The van der Waals surface area contributed by atoms with E-state index in [1.165, 1.54) is 12.1 Å². The predicted octanol–water partition coefficient (Wildman–Crippen LogP) is 0.817. The minimum absolute atomic E-state index is 0.0127. The number of nitro benzene ring substituents is 1. The van der Waals surface area contributed by atoms with Gasteiger partial charge in [0.15, 0.2) is 0 Å². The van der Waals surface area contributed by atoms with Crippen molar-refractivity contribution in [3.05, 3.63) is 28.3 Å². The van der Waals surface area contributed by atoms with Crippen molar-refractivity contribution in [2.24, 2.45) is 10.6 Å². The number of aliphatic hydroxyl groups excluding tert-OH is 1. The molecule has 1 aromatic rings. The second-order valence-corrected chi connectivity index (χ2v) is 6.87. The van der Waals surface area contributed by atoms with Crippen LogP contribution in [-0.2, 0) is 10.0 Å².